The van der Waals surface area contributed by atoms with E-state index >= 15 is 0 Å². The van der Waals surface area contributed by atoms with Crippen molar-refractivity contribution in [1.29, 1.82) is 0 Å². The molecule has 3 heteroatoms. The Morgan fingerprint density at radius 3 is 2.16 bits per heavy atom. The Kier molecular flexibility index (Phi) is 8.74. The Hall–Kier alpha value is -2.16. The molecular weight excluding hydrogens is 310 g/mol. The van der Waals surface area contributed by atoms with Gasteiger partial charge in [0, 0.05) is 18.6 Å². The molecule has 2 aromatic rings. The highest BCUT2D eigenvalue weighted by atomic mass is 16.5. The van der Waals surface area contributed by atoms with E-state index in [1.165, 1.54) is 38.5 Å². The normalized spacial score (nSPS) is 11.9. The van der Waals surface area contributed by atoms with E-state index < -0.39 is 0 Å². The fourth-order valence-corrected chi connectivity index (χ4v) is 2.98. The average molecular weight is 340 g/mol. The predicted molar refractivity (Wildman–Crippen MR) is 100 cm³/mol. The van der Waals surface area contributed by atoms with Gasteiger partial charge in [0.15, 0.2) is 12.4 Å². The van der Waals surface area contributed by atoms with Crippen LogP contribution in [0.5, 0.6) is 5.75 Å². The molecule has 0 saturated heterocycles. The number of unbranched alkanes of at least 4 members (excludes halogenated alkanes) is 6. The van der Waals surface area contributed by atoms with Gasteiger partial charge < -0.3 is 4.74 Å². The van der Waals surface area contributed by atoms with Crippen LogP contribution >= 0.6 is 0 Å². The Bertz CT molecular complexity index is 598. The van der Waals surface area contributed by atoms with Gasteiger partial charge >= 0.3 is 5.97 Å². The van der Waals surface area contributed by atoms with Crippen molar-refractivity contribution in [3.05, 3.63) is 60.9 Å². The summed E-state index contributed by atoms with van der Waals surface area (Å²) in [5.41, 5.74) is 0. The summed E-state index contributed by atoms with van der Waals surface area (Å²) in [6.45, 7) is 2.24. The summed E-state index contributed by atoms with van der Waals surface area (Å²) < 4.78 is 7.54. The van der Waals surface area contributed by atoms with Crippen LogP contribution in [-0.2, 0) is 4.79 Å². The van der Waals surface area contributed by atoms with Gasteiger partial charge in [-0.15, -0.1) is 0 Å². The van der Waals surface area contributed by atoms with Crippen LogP contribution in [0.4, 0.5) is 0 Å². The number of ether oxygens (including phenoxy) is 1. The fourth-order valence-electron chi connectivity index (χ4n) is 2.98. The zero-order valence-electron chi connectivity index (χ0n) is 15.3. The molecule has 25 heavy (non-hydrogen) atoms. The molecule has 0 fully saturated rings. The molecule has 2 rings (SSSR count). The third-order valence-electron chi connectivity index (χ3n) is 4.41. The van der Waals surface area contributed by atoms with Crippen molar-refractivity contribution < 1.29 is 14.1 Å². The first-order chi connectivity index (χ1) is 12.3. The van der Waals surface area contributed by atoms with Gasteiger partial charge in [-0.1, -0.05) is 69.7 Å². The average Bonchev–Trinajstić information content (AvgIpc) is 2.65. The molecule has 134 valence electrons. The van der Waals surface area contributed by atoms with Crippen LogP contribution in [0.15, 0.2) is 60.9 Å². The topological polar surface area (TPSA) is 30.2 Å². The van der Waals surface area contributed by atoms with Gasteiger partial charge in [0.1, 0.15) is 5.75 Å². The number of para-hydroxylation sites is 1. The van der Waals surface area contributed by atoms with Crippen molar-refractivity contribution in [1.82, 2.24) is 0 Å². The number of carbonyl (C=O) groups excluding carboxylic acids is 1. The first-order valence-electron chi connectivity index (χ1n) is 9.54. The van der Waals surface area contributed by atoms with Gasteiger partial charge in [-0.2, -0.15) is 4.57 Å². The number of carbonyl (C=O) groups is 1. The van der Waals surface area contributed by atoms with Gasteiger partial charge in [-0.05, 0) is 18.6 Å². The Morgan fingerprint density at radius 1 is 0.880 bits per heavy atom. The third-order valence-corrected chi connectivity index (χ3v) is 4.41. The number of hydrogen-bond acceptors (Lipinski definition) is 2. The van der Waals surface area contributed by atoms with Crippen LogP contribution in [-0.4, -0.2) is 5.97 Å². The maximum absolute atomic E-state index is 12.7. The highest BCUT2D eigenvalue weighted by Crippen LogP contribution is 2.17. The van der Waals surface area contributed by atoms with E-state index in [4.69, 9.17) is 4.74 Å². The molecule has 0 bridgehead atoms. The summed E-state index contributed by atoms with van der Waals surface area (Å²) in [5, 5.41) is 0. The lowest BCUT2D eigenvalue weighted by Crippen LogP contribution is -2.45. The number of rotatable bonds is 11. The second kappa shape index (κ2) is 11.4. The molecule has 3 nitrogen and oxygen atoms in total. The molecule has 0 spiro atoms. The number of benzene rings is 1. The SMILES string of the molecule is CCCCCCCCCC(C(=O)Oc1ccccc1)[n+]1ccccc1. The largest absolute Gasteiger partial charge is 0.422 e. The quantitative estimate of drug-likeness (QED) is 0.242. The summed E-state index contributed by atoms with van der Waals surface area (Å²) >= 11 is 0. The van der Waals surface area contributed by atoms with Crippen molar-refractivity contribution in [2.24, 2.45) is 0 Å². The zero-order valence-corrected chi connectivity index (χ0v) is 15.3. The minimum atomic E-state index is -0.267. The molecule has 1 unspecified atom stereocenters. The summed E-state index contributed by atoms with van der Waals surface area (Å²) in [4.78, 5) is 12.7. The summed E-state index contributed by atoms with van der Waals surface area (Å²) in [6.07, 6.45) is 13.4. The highest BCUT2D eigenvalue weighted by Gasteiger charge is 2.28. The highest BCUT2D eigenvalue weighted by molar-refractivity contribution is 5.75. The molecule has 0 aliphatic carbocycles. The number of aromatic nitrogens is 1. The summed E-state index contributed by atoms with van der Waals surface area (Å²) in [6, 6.07) is 14.9. The van der Waals surface area contributed by atoms with Crippen molar-refractivity contribution >= 4 is 5.97 Å². The molecule has 1 aromatic carbocycles. The van der Waals surface area contributed by atoms with Gasteiger partial charge in [-0.3, -0.25) is 0 Å². The van der Waals surface area contributed by atoms with Gasteiger partial charge in [0.2, 0.25) is 0 Å². The second-order valence-corrected chi connectivity index (χ2v) is 6.48. The lowest BCUT2D eigenvalue weighted by atomic mass is 10.0. The van der Waals surface area contributed by atoms with Crippen molar-refractivity contribution in [2.75, 3.05) is 0 Å². The molecule has 0 saturated carbocycles. The van der Waals surface area contributed by atoms with E-state index in [-0.39, 0.29) is 12.0 Å². The molecule has 0 N–H and O–H groups in total. The van der Waals surface area contributed by atoms with E-state index in [0.29, 0.717) is 5.75 Å². The minimum absolute atomic E-state index is 0.187. The molecule has 1 atom stereocenters. The van der Waals surface area contributed by atoms with Crippen LogP contribution in [0, 0.1) is 0 Å². The molecule has 1 aromatic heterocycles. The van der Waals surface area contributed by atoms with Crippen LogP contribution in [0.2, 0.25) is 0 Å². The zero-order chi connectivity index (χ0) is 17.7. The number of nitrogens with zero attached hydrogens (tertiary/aromatic N) is 1. The lowest BCUT2D eigenvalue weighted by molar-refractivity contribution is -0.711. The number of esters is 1. The molecule has 0 radical (unpaired) electrons. The van der Waals surface area contributed by atoms with E-state index in [1.807, 2.05) is 65.5 Å². The lowest BCUT2D eigenvalue weighted by Gasteiger charge is -2.12. The Morgan fingerprint density at radius 2 is 1.48 bits per heavy atom. The smallest absolute Gasteiger partial charge is 0.381 e. The molecule has 1 heterocycles. The molecule has 0 aliphatic heterocycles. The molecule has 0 amide bonds. The first kappa shape index (κ1) is 19.2. The Balaban J connectivity index is 1.89. The van der Waals surface area contributed by atoms with Gasteiger partial charge in [0.25, 0.3) is 6.04 Å². The van der Waals surface area contributed by atoms with Crippen LogP contribution < -0.4 is 9.30 Å². The Labute approximate surface area is 151 Å². The molecular formula is C22H30NO2+. The van der Waals surface area contributed by atoms with Gasteiger partial charge in [-0.25, -0.2) is 4.79 Å². The monoisotopic (exact) mass is 340 g/mol. The summed E-state index contributed by atoms with van der Waals surface area (Å²) in [5.74, 6) is 0.418. The van der Waals surface area contributed by atoms with E-state index in [0.717, 1.165) is 12.8 Å². The summed E-state index contributed by atoms with van der Waals surface area (Å²) in [7, 11) is 0. The van der Waals surface area contributed by atoms with Crippen molar-refractivity contribution in [3.63, 3.8) is 0 Å². The minimum Gasteiger partial charge on any atom is -0.422 e. The van der Waals surface area contributed by atoms with E-state index in [1.54, 1.807) is 0 Å². The van der Waals surface area contributed by atoms with Crippen molar-refractivity contribution in [2.45, 2.75) is 64.3 Å². The second-order valence-electron chi connectivity index (χ2n) is 6.48. The maximum atomic E-state index is 12.7. The third kappa shape index (κ3) is 7.08. The van der Waals surface area contributed by atoms with Crippen LogP contribution in [0.3, 0.4) is 0 Å². The first-order valence-corrected chi connectivity index (χ1v) is 9.54. The standard InChI is InChI=1S/C22H30NO2/c1-2-3-4-5-6-7-12-17-21(23-18-13-9-14-19-23)22(24)25-20-15-10-8-11-16-20/h8-11,13-16,18-19,21H,2-7,12,17H2,1H3/q+1. The molecule has 0 aliphatic rings. The van der Waals surface area contributed by atoms with E-state index in [2.05, 4.69) is 6.92 Å². The number of hydrogen-bond donors (Lipinski definition) is 0. The van der Waals surface area contributed by atoms with Crippen molar-refractivity contribution in [3.8, 4) is 5.75 Å². The van der Waals surface area contributed by atoms with Crippen LogP contribution in [0.1, 0.15) is 64.3 Å². The predicted octanol–water partition coefficient (Wildman–Crippen LogP) is 5.26. The number of pyridine rings is 1. The van der Waals surface area contributed by atoms with Gasteiger partial charge in [0.05, 0.1) is 0 Å². The van der Waals surface area contributed by atoms with Crippen LogP contribution in [0.25, 0.3) is 0 Å². The maximum Gasteiger partial charge on any atom is 0.381 e. The fraction of sp³-hybridized carbons (Fsp3) is 0.455. The van der Waals surface area contributed by atoms with E-state index in [9.17, 15) is 4.79 Å².